The van der Waals surface area contributed by atoms with Crippen LogP contribution >= 0.6 is 23.8 Å². The van der Waals surface area contributed by atoms with Gasteiger partial charge in [0.1, 0.15) is 0 Å². The molecule has 0 saturated carbocycles. The molecule has 0 spiro atoms. The van der Waals surface area contributed by atoms with E-state index in [-0.39, 0.29) is 5.56 Å². The predicted octanol–water partition coefficient (Wildman–Crippen LogP) is 5.13. The fourth-order valence-electron chi connectivity index (χ4n) is 2.97. The van der Waals surface area contributed by atoms with Gasteiger partial charge in [0.25, 0.3) is 5.56 Å². The Hall–Kier alpha value is -3.02. The molecule has 0 amide bonds. The van der Waals surface area contributed by atoms with Crippen LogP contribution in [0.5, 0.6) is 0 Å². The fraction of sp³-hybridized carbons (Fsp3) is 0.0455. The highest BCUT2D eigenvalue weighted by atomic mass is 35.5. The quantitative estimate of drug-likeness (QED) is 0.442. The van der Waals surface area contributed by atoms with Crippen LogP contribution in [0.3, 0.4) is 0 Å². The molecule has 28 heavy (non-hydrogen) atoms. The summed E-state index contributed by atoms with van der Waals surface area (Å²) in [4.78, 5) is 13.3. The fourth-order valence-corrected chi connectivity index (χ4v) is 3.39. The van der Waals surface area contributed by atoms with Crippen molar-refractivity contribution in [3.05, 3.63) is 111 Å². The van der Waals surface area contributed by atoms with Gasteiger partial charge < -0.3 is 0 Å². The Kier molecular flexibility index (Phi) is 5.19. The molecule has 3 aromatic carbocycles. The van der Waals surface area contributed by atoms with Gasteiger partial charge in [0.2, 0.25) is 4.77 Å². The van der Waals surface area contributed by atoms with Gasteiger partial charge in [0.15, 0.2) is 5.69 Å². The second-order valence-electron chi connectivity index (χ2n) is 6.26. The number of nitrogens with zero attached hydrogens (tertiary/aromatic N) is 3. The standard InChI is InChI=1S/C22H16ClN3OS/c23-18-11-13-19(14-12-18)26-21(27)20(17-9-5-2-6-10-17)24-25(22(26)28)15-16-7-3-1-4-8-16/h1-14H,15H2. The largest absolute Gasteiger partial charge is 0.285 e. The summed E-state index contributed by atoms with van der Waals surface area (Å²) in [5.41, 5.74) is 2.53. The van der Waals surface area contributed by atoms with Crippen LogP contribution in [0.15, 0.2) is 89.7 Å². The normalized spacial score (nSPS) is 10.8. The van der Waals surface area contributed by atoms with Crippen LogP contribution in [0.4, 0.5) is 0 Å². The van der Waals surface area contributed by atoms with Crippen molar-refractivity contribution < 1.29 is 0 Å². The van der Waals surface area contributed by atoms with Gasteiger partial charge in [-0.1, -0.05) is 72.3 Å². The Labute approximate surface area is 172 Å². The summed E-state index contributed by atoms with van der Waals surface area (Å²) in [6.45, 7) is 0.466. The van der Waals surface area contributed by atoms with Crippen LogP contribution in [0.25, 0.3) is 16.9 Å². The first-order valence-electron chi connectivity index (χ1n) is 8.73. The lowest BCUT2D eigenvalue weighted by Gasteiger charge is -2.14. The van der Waals surface area contributed by atoms with Gasteiger partial charge in [-0.3, -0.25) is 9.36 Å². The molecular formula is C22H16ClN3OS. The highest BCUT2D eigenvalue weighted by Gasteiger charge is 2.14. The third kappa shape index (κ3) is 3.67. The first-order chi connectivity index (χ1) is 13.6. The van der Waals surface area contributed by atoms with Gasteiger partial charge in [-0.15, -0.1) is 0 Å². The lowest BCUT2D eigenvalue weighted by atomic mass is 10.1. The zero-order chi connectivity index (χ0) is 19.5. The summed E-state index contributed by atoms with van der Waals surface area (Å²) >= 11 is 11.6. The Morgan fingerprint density at radius 3 is 2.11 bits per heavy atom. The van der Waals surface area contributed by atoms with Gasteiger partial charge in [-0.05, 0) is 42.0 Å². The van der Waals surface area contributed by atoms with Gasteiger partial charge in [0.05, 0.1) is 12.2 Å². The monoisotopic (exact) mass is 405 g/mol. The van der Waals surface area contributed by atoms with E-state index in [1.165, 1.54) is 4.57 Å². The van der Waals surface area contributed by atoms with Crippen molar-refractivity contribution in [3.63, 3.8) is 0 Å². The number of hydrogen-bond acceptors (Lipinski definition) is 3. The smallest absolute Gasteiger partial charge is 0.266 e. The lowest BCUT2D eigenvalue weighted by molar-refractivity contribution is 0.608. The molecule has 0 fully saturated rings. The highest BCUT2D eigenvalue weighted by molar-refractivity contribution is 7.71. The maximum absolute atomic E-state index is 13.3. The van der Waals surface area contributed by atoms with E-state index in [2.05, 4.69) is 5.10 Å². The van der Waals surface area contributed by atoms with E-state index >= 15 is 0 Å². The number of aromatic nitrogens is 3. The Balaban J connectivity index is 1.96. The topological polar surface area (TPSA) is 39.8 Å². The Bertz CT molecular complexity index is 1220. The third-order valence-corrected chi connectivity index (χ3v) is 4.99. The molecule has 0 radical (unpaired) electrons. The Morgan fingerprint density at radius 2 is 1.46 bits per heavy atom. The maximum Gasteiger partial charge on any atom is 0.285 e. The van der Waals surface area contributed by atoms with E-state index in [0.29, 0.717) is 27.7 Å². The van der Waals surface area contributed by atoms with Crippen LogP contribution < -0.4 is 5.56 Å². The minimum atomic E-state index is -0.261. The lowest BCUT2D eigenvalue weighted by Crippen LogP contribution is -2.28. The highest BCUT2D eigenvalue weighted by Crippen LogP contribution is 2.17. The minimum Gasteiger partial charge on any atom is -0.266 e. The van der Waals surface area contributed by atoms with Crippen molar-refractivity contribution >= 4 is 23.8 Å². The van der Waals surface area contributed by atoms with Crippen molar-refractivity contribution in [2.75, 3.05) is 0 Å². The predicted molar refractivity (Wildman–Crippen MR) is 115 cm³/mol. The molecule has 0 N–H and O–H groups in total. The molecule has 4 aromatic rings. The SMILES string of the molecule is O=c1c(-c2ccccc2)nn(Cc2ccccc2)c(=S)n1-c1ccc(Cl)cc1. The van der Waals surface area contributed by atoms with Crippen LogP contribution in [-0.2, 0) is 6.54 Å². The molecular weight excluding hydrogens is 390 g/mol. The van der Waals surface area contributed by atoms with E-state index in [0.717, 1.165) is 11.1 Å². The summed E-state index contributed by atoms with van der Waals surface area (Å²) in [6.07, 6.45) is 0. The van der Waals surface area contributed by atoms with E-state index in [1.807, 2.05) is 60.7 Å². The summed E-state index contributed by atoms with van der Waals surface area (Å²) < 4.78 is 3.52. The molecule has 0 bridgehead atoms. The summed E-state index contributed by atoms with van der Waals surface area (Å²) in [5, 5.41) is 5.19. The second kappa shape index (κ2) is 7.92. The van der Waals surface area contributed by atoms with Crippen LogP contribution in [0.1, 0.15) is 5.56 Å². The molecule has 0 unspecified atom stereocenters. The number of halogens is 1. The van der Waals surface area contributed by atoms with Crippen molar-refractivity contribution in [2.45, 2.75) is 6.54 Å². The third-order valence-electron chi connectivity index (χ3n) is 4.35. The van der Waals surface area contributed by atoms with E-state index in [4.69, 9.17) is 23.8 Å². The van der Waals surface area contributed by atoms with Gasteiger partial charge in [-0.25, -0.2) is 4.68 Å². The van der Waals surface area contributed by atoms with Gasteiger partial charge >= 0.3 is 0 Å². The van der Waals surface area contributed by atoms with Gasteiger partial charge in [0, 0.05) is 10.6 Å². The summed E-state index contributed by atoms with van der Waals surface area (Å²) in [5.74, 6) is 0. The molecule has 1 heterocycles. The number of benzene rings is 3. The van der Waals surface area contributed by atoms with E-state index in [9.17, 15) is 4.79 Å². The molecule has 4 rings (SSSR count). The first-order valence-corrected chi connectivity index (χ1v) is 9.51. The zero-order valence-electron chi connectivity index (χ0n) is 14.8. The molecule has 4 nitrogen and oxygen atoms in total. The van der Waals surface area contributed by atoms with Crippen molar-refractivity contribution in [1.29, 1.82) is 0 Å². The van der Waals surface area contributed by atoms with Crippen LogP contribution in [-0.4, -0.2) is 14.3 Å². The van der Waals surface area contributed by atoms with E-state index < -0.39 is 0 Å². The molecule has 1 aromatic heterocycles. The Morgan fingerprint density at radius 1 is 0.857 bits per heavy atom. The zero-order valence-corrected chi connectivity index (χ0v) is 16.4. The molecule has 0 aliphatic heterocycles. The van der Waals surface area contributed by atoms with E-state index in [1.54, 1.807) is 28.9 Å². The molecule has 0 saturated heterocycles. The van der Waals surface area contributed by atoms with Crippen molar-refractivity contribution in [3.8, 4) is 16.9 Å². The molecule has 0 atom stereocenters. The molecule has 0 aliphatic carbocycles. The summed E-state index contributed by atoms with van der Waals surface area (Å²) in [6, 6.07) is 26.3. The molecule has 138 valence electrons. The van der Waals surface area contributed by atoms with Crippen LogP contribution in [0.2, 0.25) is 5.02 Å². The average Bonchev–Trinajstić information content (AvgIpc) is 2.73. The molecule has 6 heteroatoms. The summed E-state index contributed by atoms with van der Waals surface area (Å²) in [7, 11) is 0. The first kappa shape index (κ1) is 18.3. The van der Waals surface area contributed by atoms with Crippen LogP contribution in [0, 0.1) is 4.77 Å². The molecule has 0 aliphatic rings. The number of hydrogen-bond donors (Lipinski definition) is 0. The van der Waals surface area contributed by atoms with Crippen molar-refractivity contribution in [2.24, 2.45) is 0 Å². The van der Waals surface area contributed by atoms with Gasteiger partial charge in [-0.2, -0.15) is 5.10 Å². The number of rotatable bonds is 4. The van der Waals surface area contributed by atoms with Crippen molar-refractivity contribution in [1.82, 2.24) is 14.3 Å². The average molecular weight is 406 g/mol. The second-order valence-corrected chi connectivity index (χ2v) is 7.06. The maximum atomic E-state index is 13.3. The minimum absolute atomic E-state index is 0.261.